The summed E-state index contributed by atoms with van der Waals surface area (Å²) in [6, 6.07) is 0. The summed E-state index contributed by atoms with van der Waals surface area (Å²) >= 11 is 0. The Bertz CT molecular complexity index is 198. The summed E-state index contributed by atoms with van der Waals surface area (Å²) in [6.45, 7) is 0.954. The zero-order valence-electron chi connectivity index (χ0n) is 9.23. The highest BCUT2D eigenvalue weighted by Crippen LogP contribution is 2.38. The van der Waals surface area contributed by atoms with Crippen molar-refractivity contribution in [2.24, 2.45) is 5.73 Å². The molecule has 0 radical (unpaired) electrons. The lowest BCUT2D eigenvalue weighted by atomic mass is 10.2. The van der Waals surface area contributed by atoms with Crippen LogP contribution in [-0.4, -0.2) is 45.1 Å². The van der Waals surface area contributed by atoms with Crippen molar-refractivity contribution < 1.29 is 31.4 Å². The van der Waals surface area contributed by atoms with E-state index in [-0.39, 0.29) is 26.2 Å². The number of alkyl halides is 5. The molecule has 0 rings (SSSR count). The predicted molar refractivity (Wildman–Crippen MR) is 50.9 cm³/mol. The first-order valence-electron chi connectivity index (χ1n) is 5.11. The fourth-order valence-corrected chi connectivity index (χ4v) is 0.943. The third-order valence-electron chi connectivity index (χ3n) is 1.83. The van der Waals surface area contributed by atoms with Crippen molar-refractivity contribution in [2.45, 2.75) is 24.9 Å². The zero-order valence-corrected chi connectivity index (χ0v) is 9.23. The van der Waals surface area contributed by atoms with Gasteiger partial charge in [-0.05, 0) is 6.42 Å². The first kappa shape index (κ1) is 16.5. The Morgan fingerprint density at radius 2 is 1.35 bits per heavy atom. The number of halogens is 5. The van der Waals surface area contributed by atoms with Crippen LogP contribution in [-0.2, 0) is 9.47 Å². The topological polar surface area (TPSA) is 44.5 Å². The van der Waals surface area contributed by atoms with Crippen molar-refractivity contribution >= 4 is 0 Å². The summed E-state index contributed by atoms with van der Waals surface area (Å²) in [6.07, 6.45) is -7.11. The Labute approximate surface area is 96.1 Å². The number of ether oxygens (including phenoxy) is 2. The molecule has 17 heavy (non-hydrogen) atoms. The third-order valence-corrected chi connectivity index (χ3v) is 1.83. The van der Waals surface area contributed by atoms with E-state index >= 15 is 0 Å². The molecule has 0 saturated heterocycles. The van der Waals surface area contributed by atoms with Gasteiger partial charge >= 0.3 is 12.1 Å². The second-order valence-corrected chi connectivity index (χ2v) is 3.32. The molecule has 0 saturated carbocycles. The molecule has 8 heteroatoms. The number of hydrogen-bond donors (Lipinski definition) is 1. The van der Waals surface area contributed by atoms with E-state index in [0.717, 1.165) is 0 Å². The smallest absolute Gasteiger partial charge is 0.379 e. The molecule has 0 unspecified atom stereocenters. The van der Waals surface area contributed by atoms with Gasteiger partial charge in [0.2, 0.25) is 0 Å². The van der Waals surface area contributed by atoms with Gasteiger partial charge in [-0.2, -0.15) is 22.0 Å². The predicted octanol–water partition coefficient (Wildman–Crippen LogP) is 1.96. The molecule has 3 nitrogen and oxygen atoms in total. The number of hydrogen-bond acceptors (Lipinski definition) is 3. The van der Waals surface area contributed by atoms with Gasteiger partial charge in [-0.3, -0.25) is 0 Å². The van der Waals surface area contributed by atoms with Gasteiger partial charge < -0.3 is 15.2 Å². The molecular formula is C9H16F5NO2. The van der Waals surface area contributed by atoms with Gasteiger partial charge in [-0.25, -0.2) is 0 Å². The van der Waals surface area contributed by atoms with Crippen molar-refractivity contribution in [1.82, 2.24) is 0 Å². The number of nitrogens with two attached hydrogens (primary N) is 1. The van der Waals surface area contributed by atoms with Crippen LogP contribution in [0.3, 0.4) is 0 Å². The molecule has 0 aliphatic rings. The second kappa shape index (κ2) is 7.78. The molecule has 0 fully saturated rings. The van der Waals surface area contributed by atoms with Crippen molar-refractivity contribution in [3.63, 3.8) is 0 Å². The highest BCUT2D eigenvalue weighted by Gasteiger charge is 2.56. The Kier molecular flexibility index (Phi) is 7.56. The molecule has 0 aromatic carbocycles. The SMILES string of the molecule is NCCOCCOCCCC(F)(F)C(F)(F)F. The van der Waals surface area contributed by atoms with Crippen LogP contribution >= 0.6 is 0 Å². The first-order chi connectivity index (χ1) is 7.81. The Hall–Kier alpha value is -0.470. The zero-order chi connectivity index (χ0) is 13.4. The standard InChI is InChI=1S/C9H16F5NO2/c10-8(11,9(12,13)14)2-1-4-16-6-7-17-5-3-15/h1-7,15H2. The molecule has 0 aromatic heterocycles. The van der Waals surface area contributed by atoms with Crippen molar-refractivity contribution in [1.29, 1.82) is 0 Å². The summed E-state index contributed by atoms with van der Waals surface area (Å²) < 4.78 is 69.7. The molecule has 0 amide bonds. The van der Waals surface area contributed by atoms with Gasteiger partial charge in [0.05, 0.1) is 19.8 Å². The van der Waals surface area contributed by atoms with Crippen LogP contribution in [0, 0.1) is 0 Å². The van der Waals surface area contributed by atoms with E-state index < -0.39 is 18.5 Å². The molecular weight excluding hydrogens is 249 g/mol. The van der Waals surface area contributed by atoms with Crippen LogP contribution < -0.4 is 5.73 Å². The van der Waals surface area contributed by atoms with E-state index in [9.17, 15) is 22.0 Å². The molecule has 0 heterocycles. The lowest BCUT2D eigenvalue weighted by Gasteiger charge is -2.19. The van der Waals surface area contributed by atoms with Gasteiger partial charge in [0.15, 0.2) is 0 Å². The Balaban J connectivity index is 3.46. The van der Waals surface area contributed by atoms with E-state index in [1.165, 1.54) is 0 Å². The van der Waals surface area contributed by atoms with E-state index in [0.29, 0.717) is 13.2 Å². The molecule has 2 N–H and O–H groups in total. The minimum atomic E-state index is -5.49. The third kappa shape index (κ3) is 7.45. The molecule has 0 atom stereocenters. The molecule has 0 bridgehead atoms. The Morgan fingerprint density at radius 3 is 1.82 bits per heavy atom. The highest BCUT2D eigenvalue weighted by atomic mass is 19.4. The maximum absolute atomic E-state index is 12.4. The van der Waals surface area contributed by atoms with Crippen LogP contribution in [0.25, 0.3) is 0 Å². The number of rotatable bonds is 9. The quantitative estimate of drug-likeness (QED) is 0.512. The largest absolute Gasteiger partial charge is 0.453 e. The van der Waals surface area contributed by atoms with Crippen LogP contribution in [0.2, 0.25) is 0 Å². The van der Waals surface area contributed by atoms with Crippen LogP contribution in [0.1, 0.15) is 12.8 Å². The minimum absolute atomic E-state index is 0.150. The summed E-state index contributed by atoms with van der Waals surface area (Å²) in [7, 11) is 0. The van der Waals surface area contributed by atoms with Gasteiger partial charge in [0.1, 0.15) is 0 Å². The van der Waals surface area contributed by atoms with E-state index in [1.54, 1.807) is 0 Å². The minimum Gasteiger partial charge on any atom is -0.379 e. The fourth-order valence-electron chi connectivity index (χ4n) is 0.943. The molecule has 104 valence electrons. The molecule has 0 aliphatic heterocycles. The van der Waals surface area contributed by atoms with Crippen molar-refractivity contribution in [3.8, 4) is 0 Å². The second-order valence-electron chi connectivity index (χ2n) is 3.32. The maximum atomic E-state index is 12.4. The fraction of sp³-hybridized carbons (Fsp3) is 1.00. The van der Waals surface area contributed by atoms with Crippen molar-refractivity contribution in [3.05, 3.63) is 0 Å². The molecule has 0 aromatic rings. The molecule has 0 spiro atoms. The highest BCUT2D eigenvalue weighted by molar-refractivity contribution is 4.75. The molecule has 0 aliphatic carbocycles. The van der Waals surface area contributed by atoms with E-state index in [4.69, 9.17) is 15.2 Å². The summed E-state index contributed by atoms with van der Waals surface area (Å²) in [5.41, 5.74) is 5.12. The summed E-state index contributed by atoms with van der Waals surface area (Å²) in [5.74, 6) is -4.65. The van der Waals surface area contributed by atoms with Gasteiger partial charge in [-0.15, -0.1) is 0 Å². The first-order valence-corrected chi connectivity index (χ1v) is 5.11. The van der Waals surface area contributed by atoms with Crippen LogP contribution in [0.15, 0.2) is 0 Å². The Morgan fingerprint density at radius 1 is 0.824 bits per heavy atom. The maximum Gasteiger partial charge on any atom is 0.453 e. The lowest BCUT2D eigenvalue weighted by molar-refractivity contribution is -0.285. The van der Waals surface area contributed by atoms with Crippen LogP contribution in [0.4, 0.5) is 22.0 Å². The summed E-state index contributed by atoms with van der Waals surface area (Å²) in [5, 5.41) is 0. The average molecular weight is 265 g/mol. The summed E-state index contributed by atoms with van der Waals surface area (Å²) in [4.78, 5) is 0. The van der Waals surface area contributed by atoms with Crippen molar-refractivity contribution in [2.75, 3.05) is 33.0 Å². The van der Waals surface area contributed by atoms with Gasteiger partial charge in [0, 0.05) is 19.6 Å². The lowest BCUT2D eigenvalue weighted by Crippen LogP contribution is -2.36. The van der Waals surface area contributed by atoms with Crippen LogP contribution in [0.5, 0.6) is 0 Å². The normalized spacial score (nSPS) is 13.1. The average Bonchev–Trinajstić information content (AvgIpc) is 2.20. The van der Waals surface area contributed by atoms with E-state index in [1.807, 2.05) is 0 Å². The monoisotopic (exact) mass is 265 g/mol. The van der Waals surface area contributed by atoms with Gasteiger partial charge in [0.25, 0.3) is 0 Å². The van der Waals surface area contributed by atoms with E-state index in [2.05, 4.69) is 0 Å². The van der Waals surface area contributed by atoms with Gasteiger partial charge in [-0.1, -0.05) is 0 Å².